The summed E-state index contributed by atoms with van der Waals surface area (Å²) in [5.41, 5.74) is 5.10. The van der Waals surface area contributed by atoms with Gasteiger partial charge in [-0.3, -0.25) is 14.9 Å². The summed E-state index contributed by atoms with van der Waals surface area (Å²) in [4.78, 5) is 27.4. The summed E-state index contributed by atoms with van der Waals surface area (Å²) in [6.45, 7) is 5.40. The van der Waals surface area contributed by atoms with Gasteiger partial charge in [0, 0.05) is 43.2 Å². The first kappa shape index (κ1) is 20.4. The molecule has 27 heavy (non-hydrogen) atoms. The molecule has 0 saturated carbocycles. The van der Waals surface area contributed by atoms with Crippen LogP contribution in [-0.4, -0.2) is 49.8 Å². The lowest BCUT2D eigenvalue weighted by Crippen LogP contribution is -2.36. The highest BCUT2D eigenvalue weighted by atomic mass is 19.4. The largest absolute Gasteiger partial charge is 0.490 e. The van der Waals surface area contributed by atoms with Crippen LogP contribution in [0.1, 0.15) is 39.8 Å². The molecule has 0 unspecified atom stereocenters. The summed E-state index contributed by atoms with van der Waals surface area (Å²) in [5.74, 6) is -2.71. The van der Waals surface area contributed by atoms with Crippen LogP contribution in [-0.2, 0) is 24.2 Å². The number of carbonyl (C=O) groups excluding carboxylic acids is 1. The third kappa shape index (κ3) is 5.05. The van der Waals surface area contributed by atoms with Crippen molar-refractivity contribution in [1.82, 2.24) is 20.1 Å². The monoisotopic (exact) mass is 384 g/mol. The number of hydrogen-bond donors (Lipinski definition) is 2. The second-order valence-corrected chi connectivity index (χ2v) is 6.01. The third-order valence-corrected chi connectivity index (χ3v) is 4.01. The molecule has 2 N–H and O–H groups in total. The van der Waals surface area contributed by atoms with Crippen LogP contribution in [0.2, 0.25) is 0 Å². The van der Waals surface area contributed by atoms with E-state index in [1.165, 1.54) is 11.3 Å². The summed E-state index contributed by atoms with van der Waals surface area (Å²) >= 11 is 0. The molecule has 1 aliphatic heterocycles. The zero-order valence-electron chi connectivity index (χ0n) is 14.8. The molecule has 2 aromatic rings. The van der Waals surface area contributed by atoms with E-state index in [-0.39, 0.29) is 5.91 Å². The van der Waals surface area contributed by atoms with Gasteiger partial charge in [-0.25, -0.2) is 4.79 Å². The van der Waals surface area contributed by atoms with Crippen molar-refractivity contribution in [2.45, 2.75) is 39.4 Å². The molecule has 10 heteroatoms. The van der Waals surface area contributed by atoms with Crippen LogP contribution < -0.4 is 0 Å². The first-order chi connectivity index (χ1) is 12.6. The zero-order valence-corrected chi connectivity index (χ0v) is 14.8. The van der Waals surface area contributed by atoms with Crippen LogP contribution in [0.3, 0.4) is 0 Å². The van der Waals surface area contributed by atoms with Crippen LogP contribution in [0.15, 0.2) is 18.5 Å². The quantitative estimate of drug-likeness (QED) is 0.829. The number of fused-ring (bicyclic) bond motifs is 1. The Morgan fingerprint density at radius 3 is 2.56 bits per heavy atom. The molecule has 3 heterocycles. The van der Waals surface area contributed by atoms with Crippen LogP contribution in [0, 0.1) is 6.92 Å². The molecular formula is C17H19F3N4O3. The highest BCUT2D eigenvalue weighted by Gasteiger charge is 2.38. The lowest BCUT2D eigenvalue weighted by atomic mass is 10.0. The molecule has 2 aromatic heterocycles. The summed E-state index contributed by atoms with van der Waals surface area (Å²) in [6, 6.07) is 1.89. The lowest BCUT2D eigenvalue weighted by Gasteiger charge is -2.27. The zero-order chi connectivity index (χ0) is 20.2. The summed E-state index contributed by atoms with van der Waals surface area (Å²) in [5, 5.41) is 14.5. The Hall–Kier alpha value is -2.91. The average molecular weight is 384 g/mol. The van der Waals surface area contributed by atoms with Gasteiger partial charge in [0.1, 0.15) is 0 Å². The number of carboxylic acid groups (broad SMARTS) is 1. The van der Waals surface area contributed by atoms with Gasteiger partial charge in [0.15, 0.2) is 0 Å². The van der Waals surface area contributed by atoms with Gasteiger partial charge >= 0.3 is 12.1 Å². The second-order valence-electron chi connectivity index (χ2n) is 6.01. The number of aromatic amines is 1. The van der Waals surface area contributed by atoms with Crippen molar-refractivity contribution in [3.05, 3.63) is 46.5 Å². The molecule has 0 spiro atoms. The van der Waals surface area contributed by atoms with Crippen LogP contribution in [0.25, 0.3) is 0 Å². The van der Waals surface area contributed by atoms with Gasteiger partial charge in [-0.05, 0) is 25.0 Å². The smallest absolute Gasteiger partial charge is 0.475 e. The van der Waals surface area contributed by atoms with Gasteiger partial charge in [0.05, 0.1) is 11.3 Å². The summed E-state index contributed by atoms with van der Waals surface area (Å²) in [7, 11) is 0. The normalized spacial score (nSPS) is 13.4. The van der Waals surface area contributed by atoms with Gasteiger partial charge < -0.3 is 10.0 Å². The molecule has 0 saturated heterocycles. The van der Waals surface area contributed by atoms with Gasteiger partial charge in [-0.1, -0.05) is 6.92 Å². The summed E-state index contributed by atoms with van der Waals surface area (Å²) < 4.78 is 31.7. The highest BCUT2D eigenvalue weighted by Crippen LogP contribution is 2.22. The van der Waals surface area contributed by atoms with Gasteiger partial charge in [-0.15, -0.1) is 0 Å². The van der Waals surface area contributed by atoms with E-state index in [4.69, 9.17) is 9.90 Å². The molecule has 3 rings (SSSR count). The number of nitrogens with one attached hydrogen (secondary N) is 1. The number of pyridine rings is 1. The van der Waals surface area contributed by atoms with Crippen molar-refractivity contribution >= 4 is 11.9 Å². The number of carboxylic acids is 1. The fourth-order valence-electron chi connectivity index (χ4n) is 2.67. The number of aromatic nitrogens is 3. The fourth-order valence-corrected chi connectivity index (χ4v) is 2.67. The van der Waals surface area contributed by atoms with E-state index in [0.29, 0.717) is 12.1 Å². The predicted molar refractivity (Wildman–Crippen MR) is 89.1 cm³/mol. The van der Waals surface area contributed by atoms with E-state index in [1.807, 2.05) is 17.9 Å². The minimum absolute atomic E-state index is 0.0510. The molecule has 0 fully saturated rings. The molecule has 7 nitrogen and oxygen atoms in total. The van der Waals surface area contributed by atoms with E-state index in [9.17, 15) is 18.0 Å². The molecular weight excluding hydrogens is 365 g/mol. The van der Waals surface area contributed by atoms with Crippen molar-refractivity contribution in [3.8, 4) is 0 Å². The number of aliphatic carboxylic acids is 1. The Morgan fingerprint density at radius 2 is 2.00 bits per heavy atom. The average Bonchev–Trinajstić information content (AvgIpc) is 3.03. The number of alkyl halides is 3. The molecule has 0 atom stereocenters. The van der Waals surface area contributed by atoms with E-state index in [0.717, 1.165) is 30.6 Å². The van der Waals surface area contributed by atoms with Crippen molar-refractivity contribution in [1.29, 1.82) is 0 Å². The predicted octanol–water partition coefficient (Wildman–Crippen LogP) is 2.51. The van der Waals surface area contributed by atoms with Crippen LogP contribution >= 0.6 is 0 Å². The number of aryl methyl sites for hydroxylation is 2. The SMILES string of the molecule is CCc1n[nH]c2c1CN(C(=O)c1cncc(C)c1)CC2.O=C(O)C(F)(F)F. The molecule has 146 valence electrons. The Kier molecular flexibility index (Phi) is 6.19. The van der Waals surface area contributed by atoms with Crippen molar-refractivity contribution in [3.63, 3.8) is 0 Å². The number of rotatable bonds is 2. The summed E-state index contributed by atoms with van der Waals surface area (Å²) in [6.07, 6.45) is 0.0461. The van der Waals surface area contributed by atoms with Gasteiger partial charge in [0.25, 0.3) is 5.91 Å². The minimum atomic E-state index is -5.08. The maximum atomic E-state index is 12.5. The van der Waals surface area contributed by atoms with E-state index < -0.39 is 12.1 Å². The molecule has 0 aromatic carbocycles. The van der Waals surface area contributed by atoms with Crippen molar-refractivity contribution in [2.75, 3.05) is 6.54 Å². The van der Waals surface area contributed by atoms with E-state index >= 15 is 0 Å². The van der Waals surface area contributed by atoms with Crippen molar-refractivity contribution in [2.24, 2.45) is 0 Å². The molecule has 1 amide bonds. The Balaban J connectivity index is 0.000000321. The molecule has 1 aliphatic rings. The second kappa shape index (κ2) is 8.19. The number of amides is 1. The molecule has 0 radical (unpaired) electrons. The molecule has 0 aliphatic carbocycles. The van der Waals surface area contributed by atoms with Gasteiger partial charge in [-0.2, -0.15) is 18.3 Å². The van der Waals surface area contributed by atoms with Crippen molar-refractivity contribution < 1.29 is 27.9 Å². The number of nitrogens with zero attached hydrogens (tertiary/aromatic N) is 3. The standard InChI is InChI=1S/C15H18N4O.C2HF3O2/c1-3-13-12-9-19(5-4-14(12)18-17-13)15(20)11-6-10(2)7-16-8-11;3-2(4,5)1(6)7/h6-8H,3-5,9H2,1-2H3,(H,17,18);(H,6,7). The Morgan fingerprint density at radius 1 is 1.33 bits per heavy atom. The van der Waals surface area contributed by atoms with Crippen LogP contribution in [0.4, 0.5) is 13.2 Å². The maximum absolute atomic E-state index is 12.5. The maximum Gasteiger partial charge on any atom is 0.490 e. The minimum Gasteiger partial charge on any atom is -0.475 e. The third-order valence-electron chi connectivity index (χ3n) is 4.01. The van der Waals surface area contributed by atoms with Crippen LogP contribution in [0.5, 0.6) is 0 Å². The van der Waals surface area contributed by atoms with E-state index in [2.05, 4.69) is 22.1 Å². The molecule has 0 bridgehead atoms. The van der Waals surface area contributed by atoms with E-state index in [1.54, 1.807) is 12.4 Å². The number of halogens is 3. The first-order valence-corrected chi connectivity index (χ1v) is 8.19. The number of hydrogen-bond acceptors (Lipinski definition) is 4. The number of carbonyl (C=O) groups is 2. The highest BCUT2D eigenvalue weighted by molar-refractivity contribution is 5.94. The Bertz CT molecular complexity index is 820. The topological polar surface area (TPSA) is 99.2 Å². The van der Waals surface area contributed by atoms with Gasteiger partial charge in [0.2, 0.25) is 0 Å². The first-order valence-electron chi connectivity index (χ1n) is 8.19. The Labute approximate surface area is 153 Å². The fraction of sp³-hybridized carbons (Fsp3) is 0.412. The number of H-pyrrole nitrogens is 1. The lowest BCUT2D eigenvalue weighted by molar-refractivity contribution is -0.192.